The number of hydrogen-bond acceptors (Lipinski definition) is 5. The molecule has 0 saturated heterocycles. The largest absolute Gasteiger partial charge is 0.465 e. The Bertz CT molecular complexity index is 1360. The Hall–Kier alpha value is -4.00. The third-order valence-electron chi connectivity index (χ3n) is 5.32. The average Bonchev–Trinajstić information content (AvgIpc) is 3.09. The Labute approximate surface area is 178 Å². The maximum absolute atomic E-state index is 13.0. The van der Waals surface area contributed by atoms with Crippen LogP contribution in [-0.4, -0.2) is 33.0 Å². The standard InChI is InChI=1S/C24H21N3O4/c1-15-12-20(16(2)27(15)18-10-8-17(9-11-18)24(30)31-3)22(28)13-26-14-25-21-7-5-4-6-19(21)23(26)29/h4-12,14H,13H2,1-3H3. The highest BCUT2D eigenvalue weighted by Crippen LogP contribution is 2.22. The first kappa shape index (κ1) is 20.3. The lowest BCUT2D eigenvalue weighted by molar-refractivity contribution is 0.0600. The predicted octanol–water partition coefficient (Wildman–Crippen LogP) is 3.47. The van der Waals surface area contributed by atoms with Crippen molar-refractivity contribution in [2.75, 3.05) is 7.11 Å². The molecule has 0 radical (unpaired) electrons. The minimum Gasteiger partial charge on any atom is -0.465 e. The summed E-state index contributed by atoms with van der Waals surface area (Å²) in [6, 6.07) is 15.8. The number of benzene rings is 2. The quantitative estimate of drug-likeness (QED) is 0.368. The molecule has 0 spiro atoms. The van der Waals surface area contributed by atoms with Gasteiger partial charge in [0.15, 0.2) is 5.78 Å². The number of Topliss-reactive ketones (excluding diaryl/α,β-unsaturated/α-hetero) is 1. The number of carbonyl (C=O) groups is 2. The second-order valence-electron chi connectivity index (χ2n) is 7.28. The summed E-state index contributed by atoms with van der Waals surface area (Å²) >= 11 is 0. The molecule has 4 aromatic rings. The third-order valence-corrected chi connectivity index (χ3v) is 5.32. The van der Waals surface area contributed by atoms with Crippen molar-refractivity contribution in [2.45, 2.75) is 20.4 Å². The highest BCUT2D eigenvalue weighted by atomic mass is 16.5. The summed E-state index contributed by atoms with van der Waals surface area (Å²) in [6.45, 7) is 3.67. The Morgan fingerprint density at radius 2 is 1.74 bits per heavy atom. The monoisotopic (exact) mass is 415 g/mol. The van der Waals surface area contributed by atoms with Crippen LogP contribution in [0.5, 0.6) is 0 Å². The number of methoxy groups -OCH3 is 1. The zero-order valence-electron chi connectivity index (χ0n) is 17.5. The number of rotatable bonds is 5. The topological polar surface area (TPSA) is 83.2 Å². The fraction of sp³-hybridized carbons (Fsp3) is 0.167. The maximum Gasteiger partial charge on any atom is 0.337 e. The first-order valence-corrected chi connectivity index (χ1v) is 9.76. The zero-order valence-corrected chi connectivity index (χ0v) is 17.5. The van der Waals surface area contributed by atoms with Crippen molar-refractivity contribution < 1.29 is 14.3 Å². The summed E-state index contributed by atoms with van der Waals surface area (Å²) in [5.41, 5.74) is 3.80. The van der Waals surface area contributed by atoms with Crippen molar-refractivity contribution in [3.63, 3.8) is 0 Å². The number of esters is 1. The highest BCUT2D eigenvalue weighted by Gasteiger charge is 2.18. The van der Waals surface area contributed by atoms with Crippen molar-refractivity contribution in [1.82, 2.24) is 14.1 Å². The second kappa shape index (κ2) is 8.02. The van der Waals surface area contributed by atoms with Crippen LogP contribution in [0, 0.1) is 13.8 Å². The summed E-state index contributed by atoms with van der Waals surface area (Å²) in [4.78, 5) is 41.7. The molecule has 0 aliphatic heterocycles. The number of para-hydroxylation sites is 1. The molecular weight excluding hydrogens is 394 g/mol. The smallest absolute Gasteiger partial charge is 0.337 e. The Kier molecular flexibility index (Phi) is 5.25. The molecule has 0 aliphatic rings. The lowest BCUT2D eigenvalue weighted by atomic mass is 10.1. The van der Waals surface area contributed by atoms with Crippen LogP contribution in [0.1, 0.15) is 32.1 Å². The normalized spacial score (nSPS) is 10.9. The van der Waals surface area contributed by atoms with Gasteiger partial charge in [-0.1, -0.05) is 12.1 Å². The van der Waals surface area contributed by atoms with Crippen LogP contribution in [0.2, 0.25) is 0 Å². The third kappa shape index (κ3) is 3.66. The number of ketones is 1. The van der Waals surface area contributed by atoms with Gasteiger partial charge in [-0.25, -0.2) is 9.78 Å². The fourth-order valence-corrected chi connectivity index (χ4v) is 3.77. The van der Waals surface area contributed by atoms with E-state index in [-0.39, 0.29) is 17.9 Å². The summed E-state index contributed by atoms with van der Waals surface area (Å²) in [6.07, 6.45) is 1.41. The van der Waals surface area contributed by atoms with Crippen molar-refractivity contribution in [1.29, 1.82) is 0 Å². The minimum atomic E-state index is -0.405. The molecule has 0 bridgehead atoms. The van der Waals surface area contributed by atoms with Gasteiger partial charge in [0.05, 0.1) is 36.4 Å². The molecule has 2 aromatic carbocycles. The second-order valence-corrected chi connectivity index (χ2v) is 7.28. The molecule has 31 heavy (non-hydrogen) atoms. The van der Waals surface area contributed by atoms with Crippen LogP contribution in [0.15, 0.2) is 65.7 Å². The zero-order chi connectivity index (χ0) is 22.1. The summed E-state index contributed by atoms with van der Waals surface area (Å²) in [7, 11) is 1.34. The minimum absolute atomic E-state index is 0.0950. The predicted molar refractivity (Wildman–Crippen MR) is 117 cm³/mol. The Morgan fingerprint density at radius 3 is 2.45 bits per heavy atom. The molecule has 4 rings (SSSR count). The van der Waals surface area contributed by atoms with Crippen LogP contribution >= 0.6 is 0 Å². The molecule has 0 unspecified atom stereocenters. The van der Waals surface area contributed by atoms with E-state index in [1.807, 2.05) is 30.5 Å². The number of ether oxygens (including phenoxy) is 1. The van der Waals surface area contributed by atoms with E-state index in [0.717, 1.165) is 17.1 Å². The van der Waals surface area contributed by atoms with Gasteiger partial charge in [0, 0.05) is 22.6 Å². The SMILES string of the molecule is COC(=O)c1ccc(-n2c(C)cc(C(=O)Cn3cnc4ccccc4c3=O)c2C)cc1. The molecule has 0 atom stereocenters. The van der Waals surface area contributed by atoms with Gasteiger partial charge in [0.1, 0.15) is 0 Å². The van der Waals surface area contributed by atoms with Crippen molar-refractivity contribution in [2.24, 2.45) is 0 Å². The van der Waals surface area contributed by atoms with E-state index in [0.29, 0.717) is 22.0 Å². The number of carbonyl (C=O) groups excluding carboxylic acids is 2. The molecule has 0 amide bonds. The molecule has 0 N–H and O–H groups in total. The van der Waals surface area contributed by atoms with E-state index >= 15 is 0 Å². The molecule has 0 aliphatic carbocycles. The molecule has 0 saturated carbocycles. The van der Waals surface area contributed by atoms with Crippen LogP contribution in [0.3, 0.4) is 0 Å². The number of aromatic nitrogens is 3. The van der Waals surface area contributed by atoms with Gasteiger partial charge in [-0.2, -0.15) is 0 Å². The first-order chi connectivity index (χ1) is 14.9. The van der Waals surface area contributed by atoms with E-state index in [1.54, 1.807) is 42.5 Å². The van der Waals surface area contributed by atoms with Gasteiger partial charge in [-0.15, -0.1) is 0 Å². The van der Waals surface area contributed by atoms with E-state index in [1.165, 1.54) is 18.0 Å². The van der Waals surface area contributed by atoms with E-state index in [4.69, 9.17) is 4.74 Å². The summed E-state index contributed by atoms with van der Waals surface area (Å²) < 4.78 is 8.01. The molecule has 156 valence electrons. The lowest BCUT2D eigenvalue weighted by Crippen LogP contribution is -2.24. The van der Waals surface area contributed by atoms with Gasteiger partial charge >= 0.3 is 5.97 Å². The first-order valence-electron chi connectivity index (χ1n) is 9.76. The van der Waals surface area contributed by atoms with Crippen LogP contribution in [0.25, 0.3) is 16.6 Å². The van der Waals surface area contributed by atoms with E-state index in [9.17, 15) is 14.4 Å². The molecule has 0 fully saturated rings. The van der Waals surface area contributed by atoms with Gasteiger partial charge in [-0.05, 0) is 56.3 Å². The van der Waals surface area contributed by atoms with Crippen LogP contribution in [0.4, 0.5) is 0 Å². The molecule has 7 heteroatoms. The lowest BCUT2D eigenvalue weighted by Gasteiger charge is -2.11. The maximum atomic E-state index is 13.0. The van der Waals surface area contributed by atoms with Crippen LogP contribution in [-0.2, 0) is 11.3 Å². The van der Waals surface area contributed by atoms with E-state index < -0.39 is 5.97 Å². The van der Waals surface area contributed by atoms with Gasteiger partial charge in [0.2, 0.25) is 0 Å². The van der Waals surface area contributed by atoms with Gasteiger partial charge in [0.25, 0.3) is 5.56 Å². The van der Waals surface area contributed by atoms with Crippen molar-refractivity contribution in [3.05, 3.63) is 93.8 Å². The van der Waals surface area contributed by atoms with Crippen LogP contribution < -0.4 is 5.56 Å². The van der Waals surface area contributed by atoms with Crippen molar-refractivity contribution >= 4 is 22.7 Å². The highest BCUT2D eigenvalue weighted by molar-refractivity contribution is 5.97. The summed E-state index contributed by atoms with van der Waals surface area (Å²) in [5.74, 6) is -0.581. The Balaban J connectivity index is 1.66. The number of nitrogens with zero attached hydrogens (tertiary/aromatic N) is 3. The molecule has 7 nitrogen and oxygen atoms in total. The van der Waals surface area contributed by atoms with Crippen molar-refractivity contribution in [3.8, 4) is 5.69 Å². The molecule has 2 heterocycles. The molecule has 2 aromatic heterocycles. The molecular formula is C24H21N3O4. The average molecular weight is 415 g/mol. The number of aryl methyl sites for hydroxylation is 1. The fourth-order valence-electron chi connectivity index (χ4n) is 3.77. The van der Waals surface area contributed by atoms with Gasteiger partial charge in [-0.3, -0.25) is 14.2 Å². The number of fused-ring (bicyclic) bond motifs is 1. The van der Waals surface area contributed by atoms with Gasteiger partial charge < -0.3 is 9.30 Å². The van der Waals surface area contributed by atoms with E-state index in [2.05, 4.69) is 4.98 Å². The Morgan fingerprint density at radius 1 is 1.03 bits per heavy atom. The summed E-state index contributed by atoms with van der Waals surface area (Å²) in [5, 5.41) is 0.481. The number of hydrogen-bond donors (Lipinski definition) is 0.